The number of likely N-dealkylation sites (N-methyl/N-ethyl adjacent to an activating group) is 1. The summed E-state index contributed by atoms with van der Waals surface area (Å²) in [5, 5.41) is 12.1. The van der Waals surface area contributed by atoms with E-state index < -0.39 is 0 Å². The molecule has 0 bridgehead atoms. The Hall–Kier alpha value is -0.420. The van der Waals surface area contributed by atoms with E-state index in [9.17, 15) is 0 Å². The van der Waals surface area contributed by atoms with Crippen LogP contribution in [-0.2, 0) is 0 Å². The molecule has 0 aliphatic heterocycles. The van der Waals surface area contributed by atoms with E-state index >= 15 is 0 Å². The van der Waals surface area contributed by atoms with Gasteiger partial charge in [-0.2, -0.15) is 0 Å². The summed E-state index contributed by atoms with van der Waals surface area (Å²) in [7, 11) is 1.83. The van der Waals surface area contributed by atoms with Crippen LogP contribution in [0.25, 0.3) is 0 Å². The van der Waals surface area contributed by atoms with Crippen molar-refractivity contribution in [3.05, 3.63) is 34.3 Å². The number of hydrogen-bond donors (Lipinski definition) is 3. The van der Waals surface area contributed by atoms with Gasteiger partial charge >= 0.3 is 0 Å². The topological polar surface area (TPSA) is 58.3 Å². The molecule has 0 aliphatic carbocycles. The van der Waals surface area contributed by atoms with Crippen molar-refractivity contribution in [1.29, 1.82) is 0 Å². The van der Waals surface area contributed by atoms with Crippen molar-refractivity contribution in [2.75, 3.05) is 13.7 Å². The van der Waals surface area contributed by atoms with Gasteiger partial charge in [-0.15, -0.1) is 0 Å². The fourth-order valence-corrected chi connectivity index (χ4v) is 1.85. The highest BCUT2D eigenvalue weighted by Crippen LogP contribution is 2.19. The molecular weight excluding hydrogens is 244 g/mol. The molecule has 0 heterocycles. The fourth-order valence-electron chi connectivity index (χ4n) is 1.43. The van der Waals surface area contributed by atoms with Gasteiger partial charge < -0.3 is 16.2 Å². The molecule has 0 radical (unpaired) electrons. The second-order valence-corrected chi connectivity index (χ2v) is 4.08. The lowest BCUT2D eigenvalue weighted by Gasteiger charge is -2.22. The van der Waals surface area contributed by atoms with Crippen LogP contribution >= 0.6 is 15.9 Å². The Morgan fingerprint density at radius 3 is 2.79 bits per heavy atom. The molecule has 0 spiro atoms. The van der Waals surface area contributed by atoms with Gasteiger partial charge in [0.25, 0.3) is 0 Å². The predicted molar refractivity (Wildman–Crippen MR) is 61.0 cm³/mol. The van der Waals surface area contributed by atoms with Gasteiger partial charge in [-0.1, -0.05) is 28.1 Å². The number of aliphatic hydroxyl groups is 1. The van der Waals surface area contributed by atoms with Gasteiger partial charge in [0.2, 0.25) is 0 Å². The van der Waals surface area contributed by atoms with Gasteiger partial charge in [0, 0.05) is 16.6 Å². The third-order valence-corrected chi connectivity index (χ3v) is 2.65. The summed E-state index contributed by atoms with van der Waals surface area (Å²) in [6, 6.07) is 7.60. The minimum atomic E-state index is -0.283. The van der Waals surface area contributed by atoms with Crippen molar-refractivity contribution in [2.24, 2.45) is 5.73 Å². The van der Waals surface area contributed by atoms with Crippen LogP contribution in [0.5, 0.6) is 0 Å². The third kappa shape index (κ3) is 2.78. The zero-order chi connectivity index (χ0) is 10.6. The zero-order valence-corrected chi connectivity index (χ0v) is 9.66. The SMILES string of the molecule is CNC(c1cccc(Br)c1)C(N)CO. The number of hydrogen-bond acceptors (Lipinski definition) is 3. The van der Waals surface area contributed by atoms with E-state index in [0.29, 0.717) is 0 Å². The Bertz CT molecular complexity index is 293. The largest absolute Gasteiger partial charge is 0.395 e. The average Bonchev–Trinajstić information content (AvgIpc) is 2.19. The van der Waals surface area contributed by atoms with Crippen LogP contribution in [0, 0.1) is 0 Å². The van der Waals surface area contributed by atoms with E-state index in [4.69, 9.17) is 10.8 Å². The van der Waals surface area contributed by atoms with E-state index in [0.717, 1.165) is 10.0 Å². The lowest BCUT2D eigenvalue weighted by atomic mass is 10.0. The molecule has 1 rings (SSSR count). The summed E-state index contributed by atoms with van der Waals surface area (Å²) in [6.45, 7) is -0.0297. The summed E-state index contributed by atoms with van der Waals surface area (Å²) in [5.41, 5.74) is 6.85. The van der Waals surface area contributed by atoms with Gasteiger partial charge in [-0.25, -0.2) is 0 Å². The fraction of sp³-hybridized carbons (Fsp3) is 0.400. The lowest BCUT2D eigenvalue weighted by Crippen LogP contribution is -2.38. The molecule has 0 aliphatic rings. The number of halogens is 1. The van der Waals surface area contributed by atoms with E-state index in [2.05, 4.69) is 21.2 Å². The van der Waals surface area contributed by atoms with Gasteiger partial charge in [-0.3, -0.25) is 0 Å². The molecule has 4 N–H and O–H groups in total. The first-order valence-electron chi connectivity index (χ1n) is 4.48. The molecule has 3 nitrogen and oxygen atoms in total. The third-order valence-electron chi connectivity index (χ3n) is 2.16. The molecule has 2 unspecified atom stereocenters. The summed E-state index contributed by atoms with van der Waals surface area (Å²) >= 11 is 3.40. The molecule has 0 saturated carbocycles. The van der Waals surface area contributed by atoms with Crippen molar-refractivity contribution < 1.29 is 5.11 Å². The minimum Gasteiger partial charge on any atom is -0.395 e. The molecule has 0 saturated heterocycles. The maximum Gasteiger partial charge on any atom is 0.0601 e. The standard InChI is InChI=1S/C10H15BrN2O/c1-13-10(9(12)6-14)7-3-2-4-8(11)5-7/h2-5,9-10,13-14H,6,12H2,1H3. The minimum absolute atomic E-state index is 0.0162. The summed E-state index contributed by atoms with van der Waals surface area (Å²) in [5.74, 6) is 0. The number of nitrogens with one attached hydrogen (secondary N) is 1. The molecule has 14 heavy (non-hydrogen) atoms. The van der Waals surface area contributed by atoms with Crippen molar-refractivity contribution >= 4 is 15.9 Å². The van der Waals surface area contributed by atoms with Gasteiger partial charge in [0.1, 0.15) is 0 Å². The first kappa shape index (κ1) is 11.7. The maximum absolute atomic E-state index is 8.99. The van der Waals surface area contributed by atoms with Gasteiger partial charge in [0.15, 0.2) is 0 Å². The van der Waals surface area contributed by atoms with E-state index in [-0.39, 0.29) is 18.7 Å². The number of benzene rings is 1. The quantitative estimate of drug-likeness (QED) is 0.757. The van der Waals surface area contributed by atoms with Crippen molar-refractivity contribution in [3.8, 4) is 0 Å². The molecule has 78 valence electrons. The number of aliphatic hydroxyl groups excluding tert-OH is 1. The van der Waals surface area contributed by atoms with E-state index in [1.54, 1.807) is 0 Å². The Morgan fingerprint density at radius 2 is 2.29 bits per heavy atom. The van der Waals surface area contributed by atoms with Crippen LogP contribution < -0.4 is 11.1 Å². The summed E-state index contributed by atoms with van der Waals surface area (Å²) in [6.07, 6.45) is 0. The zero-order valence-electron chi connectivity index (χ0n) is 8.07. The molecule has 1 aromatic rings. The van der Waals surface area contributed by atoms with Crippen molar-refractivity contribution in [3.63, 3.8) is 0 Å². The van der Waals surface area contributed by atoms with Crippen molar-refractivity contribution in [1.82, 2.24) is 5.32 Å². The van der Waals surface area contributed by atoms with Crippen LogP contribution in [-0.4, -0.2) is 24.8 Å². The number of nitrogens with two attached hydrogens (primary N) is 1. The first-order valence-corrected chi connectivity index (χ1v) is 5.27. The van der Waals surface area contributed by atoms with E-state index in [1.807, 2.05) is 31.3 Å². The number of rotatable bonds is 4. The monoisotopic (exact) mass is 258 g/mol. The average molecular weight is 259 g/mol. The van der Waals surface area contributed by atoms with Crippen LogP contribution in [0.1, 0.15) is 11.6 Å². The summed E-state index contributed by atoms with van der Waals surface area (Å²) in [4.78, 5) is 0. The second kappa shape index (κ2) is 5.46. The Balaban J connectivity index is 2.89. The predicted octanol–water partition coefficient (Wildman–Crippen LogP) is 1.03. The molecule has 0 amide bonds. The second-order valence-electron chi connectivity index (χ2n) is 3.17. The molecule has 2 atom stereocenters. The Labute approximate surface area is 92.4 Å². The highest BCUT2D eigenvalue weighted by Gasteiger charge is 2.16. The van der Waals surface area contributed by atoms with Crippen LogP contribution in [0.15, 0.2) is 28.7 Å². The lowest BCUT2D eigenvalue weighted by molar-refractivity contribution is 0.240. The van der Waals surface area contributed by atoms with Crippen molar-refractivity contribution in [2.45, 2.75) is 12.1 Å². The molecule has 1 aromatic carbocycles. The molecule has 0 fully saturated rings. The smallest absolute Gasteiger partial charge is 0.0601 e. The normalized spacial score (nSPS) is 15.1. The molecular formula is C10H15BrN2O. The van der Waals surface area contributed by atoms with E-state index in [1.165, 1.54) is 0 Å². The molecule has 4 heteroatoms. The van der Waals surface area contributed by atoms with Gasteiger partial charge in [-0.05, 0) is 24.7 Å². The highest BCUT2D eigenvalue weighted by atomic mass is 79.9. The highest BCUT2D eigenvalue weighted by molar-refractivity contribution is 9.10. The Morgan fingerprint density at radius 1 is 1.57 bits per heavy atom. The Kier molecular flexibility index (Phi) is 4.54. The summed E-state index contributed by atoms with van der Waals surface area (Å²) < 4.78 is 1.01. The van der Waals surface area contributed by atoms with Gasteiger partial charge in [0.05, 0.1) is 6.61 Å². The van der Waals surface area contributed by atoms with Crippen LogP contribution in [0.3, 0.4) is 0 Å². The first-order chi connectivity index (χ1) is 6.69. The van der Waals surface area contributed by atoms with Crippen LogP contribution in [0.2, 0.25) is 0 Å². The van der Waals surface area contributed by atoms with Crippen LogP contribution in [0.4, 0.5) is 0 Å². The maximum atomic E-state index is 8.99. The molecule has 0 aromatic heterocycles.